The van der Waals surface area contributed by atoms with Gasteiger partial charge in [-0.1, -0.05) is 24.3 Å². The third-order valence-electron chi connectivity index (χ3n) is 4.08. The number of ether oxygens (including phenoxy) is 3. The largest absolute Gasteiger partial charge is 0.490 e. The monoisotopic (exact) mass is 382 g/mol. The number of carbonyl (C=O) groups is 1. The van der Waals surface area contributed by atoms with E-state index < -0.39 is 12.1 Å². The number of aliphatic carboxylic acids is 1. The van der Waals surface area contributed by atoms with Crippen LogP contribution in [-0.2, 0) is 16.0 Å². The minimum Gasteiger partial charge on any atom is -0.490 e. The number of nitrogens with zero attached hydrogens (tertiary/aromatic N) is 2. The summed E-state index contributed by atoms with van der Waals surface area (Å²) in [5, 5.41) is 10.0. The van der Waals surface area contributed by atoms with Crippen molar-refractivity contribution in [3.8, 4) is 11.6 Å². The lowest BCUT2D eigenvalue weighted by Crippen LogP contribution is -2.26. The first-order valence-electron chi connectivity index (χ1n) is 9.06. The molecular formula is C21H22N2O5. The highest BCUT2D eigenvalue weighted by atomic mass is 16.5. The van der Waals surface area contributed by atoms with E-state index in [4.69, 9.17) is 19.3 Å². The van der Waals surface area contributed by atoms with Crippen LogP contribution < -0.4 is 9.47 Å². The van der Waals surface area contributed by atoms with Crippen molar-refractivity contribution in [3.05, 3.63) is 60.4 Å². The molecule has 28 heavy (non-hydrogen) atoms. The van der Waals surface area contributed by atoms with Crippen molar-refractivity contribution >= 4 is 16.9 Å². The standard InChI is InChI=1S/C21H22N2O5/c1-2-26-19(21(24)25)13-15-7-9-16(10-8-15)27-11-12-28-20-17-5-3-4-6-18(17)22-14-23-20/h3-10,14,19H,2,11-13H2,1H3,(H,24,25)/t19-/m0/s1. The van der Waals surface area contributed by atoms with E-state index >= 15 is 0 Å². The Morgan fingerprint density at radius 3 is 2.54 bits per heavy atom. The first-order chi connectivity index (χ1) is 13.7. The van der Waals surface area contributed by atoms with Gasteiger partial charge in [0.1, 0.15) is 25.3 Å². The van der Waals surface area contributed by atoms with Gasteiger partial charge in [0.15, 0.2) is 6.10 Å². The van der Waals surface area contributed by atoms with Crippen molar-refractivity contribution in [3.63, 3.8) is 0 Å². The summed E-state index contributed by atoms with van der Waals surface area (Å²) in [6.07, 6.45) is 0.949. The molecule has 1 N–H and O–H groups in total. The van der Waals surface area contributed by atoms with E-state index in [1.165, 1.54) is 6.33 Å². The minimum absolute atomic E-state index is 0.313. The van der Waals surface area contributed by atoms with Crippen LogP contribution in [0.4, 0.5) is 0 Å². The zero-order chi connectivity index (χ0) is 19.8. The molecule has 0 saturated heterocycles. The van der Waals surface area contributed by atoms with Gasteiger partial charge in [0.2, 0.25) is 5.88 Å². The van der Waals surface area contributed by atoms with Crippen LogP contribution in [0, 0.1) is 0 Å². The topological polar surface area (TPSA) is 90.8 Å². The second kappa shape index (κ2) is 9.66. The Bertz CT molecular complexity index is 909. The quantitative estimate of drug-likeness (QED) is 0.539. The van der Waals surface area contributed by atoms with Gasteiger partial charge in [0.05, 0.1) is 10.9 Å². The van der Waals surface area contributed by atoms with Gasteiger partial charge in [0, 0.05) is 13.0 Å². The van der Waals surface area contributed by atoms with Gasteiger partial charge in [-0.2, -0.15) is 0 Å². The summed E-state index contributed by atoms with van der Waals surface area (Å²) in [5.41, 5.74) is 1.70. The van der Waals surface area contributed by atoms with Gasteiger partial charge in [-0.25, -0.2) is 14.8 Å². The highest BCUT2D eigenvalue weighted by Crippen LogP contribution is 2.20. The molecule has 1 atom stereocenters. The third kappa shape index (κ3) is 5.17. The summed E-state index contributed by atoms with van der Waals surface area (Å²) < 4.78 is 16.6. The van der Waals surface area contributed by atoms with Gasteiger partial charge >= 0.3 is 5.97 Å². The molecule has 0 aliphatic rings. The fourth-order valence-electron chi connectivity index (χ4n) is 2.75. The maximum absolute atomic E-state index is 11.2. The van der Waals surface area contributed by atoms with Gasteiger partial charge in [-0.05, 0) is 36.8 Å². The Morgan fingerprint density at radius 1 is 1.04 bits per heavy atom. The van der Waals surface area contributed by atoms with Gasteiger partial charge in [-0.3, -0.25) is 0 Å². The first kappa shape index (κ1) is 19.6. The Kier molecular flexibility index (Phi) is 6.75. The maximum Gasteiger partial charge on any atom is 0.333 e. The van der Waals surface area contributed by atoms with E-state index in [1.54, 1.807) is 19.1 Å². The molecule has 0 fully saturated rings. The van der Waals surface area contributed by atoms with Crippen LogP contribution in [0.3, 0.4) is 0 Å². The molecule has 1 aromatic heterocycles. The molecule has 0 saturated carbocycles. The minimum atomic E-state index is -0.962. The van der Waals surface area contributed by atoms with Gasteiger partial charge in [-0.15, -0.1) is 0 Å². The molecule has 0 aliphatic carbocycles. The lowest BCUT2D eigenvalue weighted by atomic mass is 10.1. The lowest BCUT2D eigenvalue weighted by Gasteiger charge is -2.13. The molecule has 7 nitrogen and oxygen atoms in total. The van der Waals surface area contributed by atoms with Crippen molar-refractivity contribution in [1.29, 1.82) is 0 Å². The Hall–Kier alpha value is -3.19. The van der Waals surface area contributed by atoms with Crippen LogP contribution in [0.2, 0.25) is 0 Å². The molecule has 0 bridgehead atoms. The van der Waals surface area contributed by atoms with Crippen molar-refractivity contribution in [2.24, 2.45) is 0 Å². The van der Waals surface area contributed by atoms with Crippen LogP contribution in [0.1, 0.15) is 12.5 Å². The lowest BCUT2D eigenvalue weighted by molar-refractivity contribution is -0.149. The van der Waals surface area contributed by atoms with Crippen LogP contribution in [0.5, 0.6) is 11.6 Å². The predicted molar refractivity (Wildman–Crippen MR) is 104 cm³/mol. The fourth-order valence-corrected chi connectivity index (χ4v) is 2.75. The third-order valence-corrected chi connectivity index (χ3v) is 4.08. The molecule has 3 aromatic rings. The number of benzene rings is 2. The molecule has 0 radical (unpaired) electrons. The maximum atomic E-state index is 11.2. The SMILES string of the molecule is CCO[C@@H](Cc1ccc(OCCOc2ncnc3ccccc23)cc1)C(=O)O. The highest BCUT2D eigenvalue weighted by Gasteiger charge is 2.17. The van der Waals surface area contributed by atoms with Crippen LogP contribution in [-0.4, -0.2) is 47.0 Å². The van der Waals surface area contributed by atoms with Gasteiger partial charge in [0.25, 0.3) is 0 Å². The zero-order valence-electron chi connectivity index (χ0n) is 15.6. The molecule has 7 heteroatoms. The summed E-state index contributed by atoms with van der Waals surface area (Å²) in [4.78, 5) is 19.5. The van der Waals surface area contributed by atoms with E-state index in [-0.39, 0.29) is 0 Å². The number of para-hydroxylation sites is 1. The van der Waals surface area contributed by atoms with E-state index in [0.29, 0.717) is 37.9 Å². The summed E-state index contributed by atoms with van der Waals surface area (Å²) >= 11 is 0. The molecule has 1 heterocycles. The number of hydrogen-bond acceptors (Lipinski definition) is 6. The predicted octanol–water partition coefficient (Wildman–Crippen LogP) is 3.12. The molecule has 0 unspecified atom stereocenters. The number of fused-ring (bicyclic) bond motifs is 1. The fraction of sp³-hybridized carbons (Fsp3) is 0.286. The average Bonchev–Trinajstić information content (AvgIpc) is 2.72. The van der Waals surface area contributed by atoms with Crippen LogP contribution >= 0.6 is 0 Å². The molecule has 2 aromatic carbocycles. The van der Waals surface area contributed by atoms with E-state index in [9.17, 15) is 4.79 Å². The smallest absolute Gasteiger partial charge is 0.333 e. The Morgan fingerprint density at radius 2 is 1.79 bits per heavy atom. The number of carboxylic acids is 1. The second-order valence-electron chi connectivity index (χ2n) is 6.02. The number of hydrogen-bond donors (Lipinski definition) is 1. The van der Waals surface area contributed by atoms with Gasteiger partial charge < -0.3 is 19.3 Å². The molecular weight excluding hydrogens is 360 g/mol. The van der Waals surface area contributed by atoms with Crippen molar-refractivity contribution in [1.82, 2.24) is 9.97 Å². The molecule has 0 amide bonds. The van der Waals surface area contributed by atoms with Crippen molar-refractivity contribution in [2.75, 3.05) is 19.8 Å². The van der Waals surface area contributed by atoms with Crippen LogP contribution in [0.25, 0.3) is 10.9 Å². The van der Waals surface area contributed by atoms with E-state index in [0.717, 1.165) is 16.5 Å². The number of aromatic nitrogens is 2. The molecule has 3 rings (SSSR count). The molecule has 0 spiro atoms. The van der Waals surface area contributed by atoms with Crippen LogP contribution in [0.15, 0.2) is 54.9 Å². The summed E-state index contributed by atoms with van der Waals surface area (Å²) in [5.74, 6) is 0.250. The summed E-state index contributed by atoms with van der Waals surface area (Å²) in [6, 6.07) is 14.9. The van der Waals surface area contributed by atoms with E-state index in [2.05, 4.69) is 9.97 Å². The summed E-state index contributed by atoms with van der Waals surface area (Å²) in [7, 11) is 0. The highest BCUT2D eigenvalue weighted by molar-refractivity contribution is 5.82. The first-order valence-corrected chi connectivity index (χ1v) is 9.06. The molecule has 0 aliphatic heterocycles. The Balaban J connectivity index is 1.49. The normalized spacial score (nSPS) is 11.9. The Labute approximate surface area is 162 Å². The second-order valence-corrected chi connectivity index (χ2v) is 6.02. The summed E-state index contributed by atoms with van der Waals surface area (Å²) in [6.45, 7) is 2.83. The average molecular weight is 382 g/mol. The van der Waals surface area contributed by atoms with Crippen molar-refractivity contribution in [2.45, 2.75) is 19.4 Å². The van der Waals surface area contributed by atoms with Crippen molar-refractivity contribution < 1.29 is 24.1 Å². The number of carboxylic acid groups (broad SMARTS) is 1. The number of rotatable bonds is 10. The van der Waals surface area contributed by atoms with E-state index in [1.807, 2.05) is 36.4 Å². The molecule has 146 valence electrons. The zero-order valence-corrected chi connectivity index (χ0v) is 15.6.